The van der Waals surface area contributed by atoms with Crippen molar-refractivity contribution in [1.29, 1.82) is 0 Å². The second-order valence-electron chi connectivity index (χ2n) is 6.30. The fourth-order valence-electron chi connectivity index (χ4n) is 3.34. The molecule has 124 valence electrons. The second kappa shape index (κ2) is 5.90. The molecule has 1 fully saturated rings. The Bertz CT molecular complexity index is 1000. The monoisotopic (exact) mass is 358 g/mol. The van der Waals surface area contributed by atoms with Crippen molar-refractivity contribution >= 4 is 31.9 Å². The van der Waals surface area contributed by atoms with Crippen LogP contribution in [0.1, 0.15) is 29.4 Å². The van der Waals surface area contributed by atoms with Gasteiger partial charge in [0.15, 0.2) is 9.84 Å². The van der Waals surface area contributed by atoms with Crippen LogP contribution in [0.2, 0.25) is 0 Å². The molecule has 2 heterocycles. The summed E-state index contributed by atoms with van der Waals surface area (Å²) in [5.74, 6) is 0.570. The summed E-state index contributed by atoms with van der Waals surface area (Å²) in [7, 11) is -3.00. The zero-order valence-corrected chi connectivity index (χ0v) is 14.7. The molecule has 0 amide bonds. The van der Waals surface area contributed by atoms with Crippen LogP contribution in [0, 0.1) is 0 Å². The predicted molar refractivity (Wildman–Crippen MR) is 99.3 cm³/mol. The standard InChI is InChI=1S/C19H18O3S2/c20-16-7-6-13-11-15(5-4-14(13)12-16)17-8-9-18(23-17)19-3-1-2-10-24(19,21)22/h4-9,11-12,19-20H,1-3,10H2. The molecule has 3 aromatic rings. The van der Waals surface area contributed by atoms with E-state index < -0.39 is 9.84 Å². The van der Waals surface area contributed by atoms with Crippen molar-refractivity contribution in [3.63, 3.8) is 0 Å². The molecule has 3 nitrogen and oxygen atoms in total. The van der Waals surface area contributed by atoms with E-state index in [0.29, 0.717) is 5.75 Å². The van der Waals surface area contributed by atoms with Gasteiger partial charge in [0.2, 0.25) is 0 Å². The predicted octanol–water partition coefficient (Wildman–Crippen LogP) is 4.91. The van der Waals surface area contributed by atoms with Gasteiger partial charge in [-0.05, 0) is 59.5 Å². The fraction of sp³-hybridized carbons (Fsp3) is 0.263. The minimum absolute atomic E-state index is 0.260. The van der Waals surface area contributed by atoms with E-state index in [9.17, 15) is 13.5 Å². The molecule has 1 aromatic heterocycles. The summed E-state index contributed by atoms with van der Waals surface area (Å²) in [6.07, 6.45) is 2.50. The van der Waals surface area contributed by atoms with Gasteiger partial charge >= 0.3 is 0 Å². The largest absolute Gasteiger partial charge is 0.508 e. The van der Waals surface area contributed by atoms with E-state index in [1.54, 1.807) is 23.5 Å². The van der Waals surface area contributed by atoms with Gasteiger partial charge in [0.1, 0.15) is 5.75 Å². The highest BCUT2D eigenvalue weighted by atomic mass is 32.2. The minimum atomic E-state index is -3.00. The molecule has 2 aromatic carbocycles. The third-order valence-corrected chi connectivity index (χ3v) is 8.24. The number of phenols is 1. The molecule has 1 N–H and O–H groups in total. The highest BCUT2D eigenvalue weighted by molar-refractivity contribution is 7.91. The minimum Gasteiger partial charge on any atom is -0.508 e. The molecule has 1 aliphatic rings. The van der Waals surface area contributed by atoms with Gasteiger partial charge in [-0.2, -0.15) is 0 Å². The van der Waals surface area contributed by atoms with Crippen LogP contribution in [-0.4, -0.2) is 19.3 Å². The zero-order valence-electron chi connectivity index (χ0n) is 13.1. The van der Waals surface area contributed by atoms with Gasteiger partial charge in [0, 0.05) is 9.75 Å². The van der Waals surface area contributed by atoms with Crippen LogP contribution in [0.4, 0.5) is 0 Å². The van der Waals surface area contributed by atoms with Crippen molar-refractivity contribution in [3.8, 4) is 16.2 Å². The van der Waals surface area contributed by atoms with E-state index in [2.05, 4.69) is 6.07 Å². The van der Waals surface area contributed by atoms with Crippen LogP contribution >= 0.6 is 11.3 Å². The van der Waals surface area contributed by atoms with Gasteiger partial charge < -0.3 is 5.11 Å². The van der Waals surface area contributed by atoms with Crippen LogP contribution in [-0.2, 0) is 9.84 Å². The summed E-state index contributed by atoms with van der Waals surface area (Å²) in [5.41, 5.74) is 1.08. The van der Waals surface area contributed by atoms with E-state index in [4.69, 9.17) is 0 Å². The molecule has 0 spiro atoms. The smallest absolute Gasteiger partial charge is 0.158 e. The summed E-state index contributed by atoms with van der Waals surface area (Å²) in [6.45, 7) is 0. The quantitative estimate of drug-likeness (QED) is 0.708. The first-order chi connectivity index (χ1) is 11.5. The molecule has 1 atom stereocenters. The molecule has 1 saturated heterocycles. The first-order valence-corrected chi connectivity index (χ1v) is 10.6. The van der Waals surface area contributed by atoms with E-state index in [0.717, 1.165) is 45.4 Å². The number of phenolic OH excluding ortho intramolecular Hbond substituents is 1. The Balaban J connectivity index is 1.71. The van der Waals surface area contributed by atoms with Gasteiger partial charge in [-0.25, -0.2) is 8.42 Å². The topological polar surface area (TPSA) is 54.4 Å². The van der Waals surface area contributed by atoms with Crippen LogP contribution in [0.5, 0.6) is 5.75 Å². The fourth-order valence-corrected chi connectivity index (χ4v) is 6.80. The molecule has 1 unspecified atom stereocenters. The Morgan fingerprint density at radius 1 is 0.958 bits per heavy atom. The van der Waals surface area contributed by atoms with Gasteiger partial charge in [0.25, 0.3) is 0 Å². The summed E-state index contributed by atoms with van der Waals surface area (Å²) < 4.78 is 24.6. The maximum absolute atomic E-state index is 12.3. The van der Waals surface area contributed by atoms with Crippen molar-refractivity contribution in [1.82, 2.24) is 0 Å². The van der Waals surface area contributed by atoms with Gasteiger partial charge in [-0.15, -0.1) is 11.3 Å². The number of thiophene rings is 1. The Labute approximate surface area is 145 Å². The number of hydrogen-bond donors (Lipinski definition) is 1. The molecule has 0 radical (unpaired) electrons. The summed E-state index contributed by atoms with van der Waals surface area (Å²) >= 11 is 1.58. The number of rotatable bonds is 2. The Morgan fingerprint density at radius 2 is 1.75 bits per heavy atom. The van der Waals surface area contributed by atoms with E-state index in [1.807, 2.05) is 30.3 Å². The number of benzene rings is 2. The van der Waals surface area contributed by atoms with Crippen molar-refractivity contribution in [2.45, 2.75) is 24.5 Å². The first-order valence-electron chi connectivity index (χ1n) is 8.07. The van der Waals surface area contributed by atoms with Crippen molar-refractivity contribution in [2.75, 3.05) is 5.75 Å². The molecule has 0 saturated carbocycles. The Hall–Kier alpha value is -1.85. The van der Waals surface area contributed by atoms with Crippen LogP contribution < -0.4 is 0 Å². The van der Waals surface area contributed by atoms with E-state index in [-0.39, 0.29) is 11.0 Å². The Morgan fingerprint density at radius 3 is 2.58 bits per heavy atom. The van der Waals surface area contributed by atoms with Gasteiger partial charge in [-0.1, -0.05) is 24.6 Å². The third-order valence-electron chi connectivity index (χ3n) is 4.63. The molecule has 0 bridgehead atoms. The normalized spacial score (nSPS) is 20.2. The summed E-state index contributed by atoms with van der Waals surface area (Å²) in [4.78, 5) is 2.04. The lowest BCUT2D eigenvalue weighted by molar-refractivity contribution is 0.476. The van der Waals surface area contributed by atoms with Crippen molar-refractivity contribution < 1.29 is 13.5 Å². The van der Waals surface area contributed by atoms with Crippen LogP contribution in [0.3, 0.4) is 0 Å². The summed E-state index contributed by atoms with van der Waals surface area (Å²) in [6, 6.07) is 15.4. The second-order valence-corrected chi connectivity index (χ2v) is 9.72. The molecule has 1 aliphatic heterocycles. The van der Waals surface area contributed by atoms with Crippen LogP contribution in [0.15, 0.2) is 48.5 Å². The maximum Gasteiger partial charge on any atom is 0.158 e. The lowest BCUT2D eigenvalue weighted by Crippen LogP contribution is -2.20. The highest BCUT2D eigenvalue weighted by Gasteiger charge is 2.31. The number of hydrogen-bond acceptors (Lipinski definition) is 4. The molecule has 0 aliphatic carbocycles. The summed E-state index contributed by atoms with van der Waals surface area (Å²) in [5, 5.41) is 11.3. The maximum atomic E-state index is 12.3. The van der Waals surface area contributed by atoms with Gasteiger partial charge in [0.05, 0.1) is 11.0 Å². The molecular weight excluding hydrogens is 340 g/mol. The zero-order chi connectivity index (χ0) is 16.7. The van der Waals surface area contributed by atoms with Gasteiger partial charge in [-0.3, -0.25) is 0 Å². The van der Waals surface area contributed by atoms with E-state index in [1.165, 1.54) is 0 Å². The molecular formula is C19H18O3S2. The number of sulfone groups is 1. The first kappa shape index (κ1) is 15.7. The van der Waals surface area contributed by atoms with Crippen LogP contribution in [0.25, 0.3) is 21.2 Å². The van der Waals surface area contributed by atoms with Crippen molar-refractivity contribution in [2.24, 2.45) is 0 Å². The average Bonchev–Trinajstić information content (AvgIpc) is 3.03. The van der Waals surface area contributed by atoms with Crippen molar-refractivity contribution in [3.05, 3.63) is 53.4 Å². The average molecular weight is 358 g/mol. The number of fused-ring (bicyclic) bond motifs is 1. The number of aromatic hydroxyl groups is 1. The third kappa shape index (κ3) is 2.82. The Kier molecular flexibility index (Phi) is 3.85. The lowest BCUT2D eigenvalue weighted by Gasteiger charge is -2.20. The highest BCUT2D eigenvalue weighted by Crippen LogP contribution is 2.40. The SMILES string of the molecule is O=S1(=O)CCCCC1c1ccc(-c2ccc3cc(O)ccc3c2)s1. The molecule has 5 heteroatoms. The molecule has 4 rings (SSSR count). The molecule has 24 heavy (non-hydrogen) atoms. The van der Waals surface area contributed by atoms with E-state index >= 15 is 0 Å². The lowest BCUT2D eigenvalue weighted by atomic mass is 10.1.